The van der Waals surface area contributed by atoms with E-state index in [-0.39, 0.29) is 46.5 Å². The average Bonchev–Trinajstić information content (AvgIpc) is 3.28. The Morgan fingerprint density at radius 2 is 0.500 bits per heavy atom. The molecule has 0 aliphatic rings. The standard InChI is InChI=1S/C24BF20.C22H39O2P2.C3H6O.Ir/c26-5-1(6(27)14(35)21(42)13(5)34)25(2-7(28)15(36)22(43)16(37)8(2)29,3-9(30)17(38)23(44)18(39)10(3)31)4-11(32)19(40)24(45)20(41)12(4)33;1-19(2,3)25(20(4,5)6)23-17-14-13-15-18(16-17)24-26(21(7,8)9)22(10,11)12;1-3(2)4;/h;13-15H,1-12H3;1-2H3;/q2*-1;;. The van der Waals surface area contributed by atoms with Crippen LogP contribution in [-0.4, -0.2) is 32.6 Å². The van der Waals surface area contributed by atoms with Crippen LogP contribution < -0.4 is 30.9 Å². The smallest absolute Gasteiger partial charge is 0.200 e. The largest absolute Gasteiger partial charge is 0.499 e. The van der Waals surface area contributed by atoms with Crippen molar-refractivity contribution in [3.05, 3.63) is 141 Å². The van der Waals surface area contributed by atoms with E-state index in [9.17, 15) is 57.5 Å². The summed E-state index contributed by atoms with van der Waals surface area (Å²) in [5.41, 5.74) is -14.3. The van der Waals surface area contributed by atoms with Gasteiger partial charge in [-0.25, -0.2) is 87.8 Å². The molecule has 0 spiro atoms. The quantitative estimate of drug-likeness (QED) is 0.0388. The first-order valence-electron chi connectivity index (χ1n) is 21.6. The number of carbonyl (C=O) groups excluding carboxylic acids is 1. The van der Waals surface area contributed by atoms with Crippen LogP contribution in [0.3, 0.4) is 0 Å². The van der Waals surface area contributed by atoms with Crippen LogP contribution in [0.4, 0.5) is 87.8 Å². The van der Waals surface area contributed by atoms with E-state index >= 15 is 35.1 Å². The van der Waals surface area contributed by atoms with Crippen molar-refractivity contribution in [2.75, 3.05) is 0 Å². The first-order chi connectivity index (χ1) is 33.9. The second kappa shape index (κ2) is 24.3. The van der Waals surface area contributed by atoms with E-state index in [4.69, 9.17) is 9.05 Å². The van der Waals surface area contributed by atoms with E-state index in [0.717, 1.165) is 11.5 Å². The van der Waals surface area contributed by atoms with Crippen molar-refractivity contribution >= 4 is 50.1 Å². The van der Waals surface area contributed by atoms with Crippen LogP contribution in [0.15, 0.2) is 18.2 Å². The Morgan fingerprint density at radius 1 is 0.355 bits per heavy atom. The molecule has 5 rings (SSSR count). The Hall–Kier alpha value is -4.46. The molecule has 0 atom stereocenters. The Labute approximate surface area is 440 Å². The molecule has 423 valence electrons. The molecule has 0 aliphatic heterocycles. The van der Waals surface area contributed by atoms with Crippen LogP contribution in [0.25, 0.3) is 0 Å². The third-order valence-electron chi connectivity index (χ3n) is 10.3. The fourth-order valence-corrected chi connectivity index (χ4v) is 13.9. The zero-order valence-corrected chi connectivity index (χ0v) is 46.5. The fourth-order valence-electron chi connectivity index (χ4n) is 8.17. The summed E-state index contributed by atoms with van der Waals surface area (Å²) in [5, 5.41) is 0.396. The summed E-state index contributed by atoms with van der Waals surface area (Å²) >= 11 is 0. The fraction of sp³-hybridized carbons (Fsp3) is 0.367. The number of rotatable bonds is 8. The molecule has 0 heterocycles. The number of benzene rings is 5. The summed E-state index contributed by atoms with van der Waals surface area (Å²) in [7, 11) is -1.36. The Kier molecular flexibility index (Phi) is 21.6. The number of ketones is 1. The van der Waals surface area contributed by atoms with Gasteiger partial charge in [-0.3, -0.25) is 0 Å². The molecule has 27 heteroatoms. The molecule has 0 aliphatic carbocycles. The van der Waals surface area contributed by atoms with E-state index in [1.807, 2.05) is 18.2 Å². The van der Waals surface area contributed by atoms with Crippen molar-refractivity contribution in [2.24, 2.45) is 0 Å². The van der Waals surface area contributed by atoms with Gasteiger partial charge in [-0.2, -0.15) is 6.07 Å². The van der Waals surface area contributed by atoms with Gasteiger partial charge in [0.05, 0.1) is 16.3 Å². The normalized spacial score (nSPS) is 12.3. The van der Waals surface area contributed by atoms with Crippen LogP contribution in [0.1, 0.15) is 96.9 Å². The minimum absolute atomic E-state index is 0. The van der Waals surface area contributed by atoms with Gasteiger partial charge in [-0.1, -0.05) is 89.2 Å². The first-order valence-corrected chi connectivity index (χ1v) is 24.1. The predicted octanol–water partition coefficient (Wildman–Crippen LogP) is 14.7. The van der Waals surface area contributed by atoms with Gasteiger partial charge in [0.2, 0.25) is 0 Å². The van der Waals surface area contributed by atoms with Crippen molar-refractivity contribution in [2.45, 2.75) is 118 Å². The summed E-state index contributed by atoms with van der Waals surface area (Å²) in [6.07, 6.45) is -7.22. The minimum atomic E-state index is -7.22. The Morgan fingerprint density at radius 3 is 0.645 bits per heavy atom. The molecule has 1 radical (unpaired) electrons. The third kappa shape index (κ3) is 13.2. The maximum atomic E-state index is 15.4. The van der Waals surface area contributed by atoms with E-state index in [2.05, 4.69) is 89.2 Å². The molecule has 5 aromatic rings. The van der Waals surface area contributed by atoms with Crippen LogP contribution in [0.5, 0.6) is 11.5 Å². The van der Waals surface area contributed by atoms with E-state index in [0.29, 0.717) is 0 Å². The van der Waals surface area contributed by atoms with E-state index in [1.165, 1.54) is 13.8 Å². The van der Waals surface area contributed by atoms with E-state index in [1.54, 1.807) is 0 Å². The minimum Gasteiger partial charge on any atom is -0.499 e. The molecule has 0 fully saturated rings. The maximum Gasteiger partial charge on any atom is 0.200 e. The van der Waals surface area contributed by atoms with Crippen LogP contribution in [0.2, 0.25) is 0 Å². The van der Waals surface area contributed by atoms with Crippen molar-refractivity contribution in [3.63, 3.8) is 0 Å². The molecule has 0 bridgehead atoms. The number of Topliss-reactive ketones (excluding diaryl/α,β-unsaturated/α-hetero) is 1. The second-order valence-corrected chi connectivity index (χ2v) is 27.5. The molecule has 0 saturated carbocycles. The van der Waals surface area contributed by atoms with Crippen LogP contribution >= 0.6 is 16.3 Å². The Bertz CT molecular complexity index is 2540. The average molecular weight is 1330 g/mol. The zero-order chi connectivity index (χ0) is 58.5. The van der Waals surface area contributed by atoms with Crippen LogP contribution in [-0.2, 0) is 24.9 Å². The second-order valence-electron chi connectivity index (χ2n) is 20.5. The van der Waals surface area contributed by atoms with Gasteiger partial charge in [0.1, 0.15) is 58.5 Å². The monoisotopic (exact) mass is 1330 g/mol. The molecule has 0 unspecified atom stereocenters. The predicted molar refractivity (Wildman–Crippen MR) is 245 cm³/mol. The summed E-state index contributed by atoms with van der Waals surface area (Å²) in [6.45, 7) is 30.1. The summed E-state index contributed by atoms with van der Waals surface area (Å²) in [5.74, 6) is -69.7. The number of hydrogen-bond donors (Lipinski definition) is 0. The number of carbonyl (C=O) groups is 1. The summed E-state index contributed by atoms with van der Waals surface area (Å²) < 4.78 is 307. The van der Waals surface area contributed by atoms with Crippen molar-refractivity contribution in [1.29, 1.82) is 0 Å². The van der Waals surface area contributed by atoms with Crippen molar-refractivity contribution in [3.8, 4) is 11.5 Å². The summed E-state index contributed by atoms with van der Waals surface area (Å²) in [6, 6.07) is 9.39. The number of hydrogen-bond acceptors (Lipinski definition) is 3. The van der Waals surface area contributed by atoms with Crippen LogP contribution in [0, 0.1) is 122 Å². The molecule has 0 amide bonds. The zero-order valence-electron chi connectivity index (χ0n) is 42.3. The van der Waals surface area contributed by atoms with Crippen molar-refractivity contribution < 1.29 is 122 Å². The van der Waals surface area contributed by atoms with Gasteiger partial charge < -0.3 is 13.8 Å². The van der Waals surface area contributed by atoms with Crippen molar-refractivity contribution in [1.82, 2.24) is 0 Å². The molecular weight excluding hydrogens is 1280 g/mol. The maximum absolute atomic E-state index is 15.4. The SMILES string of the molecule is CC(C)(C)P(Oc1[c-]c(OP(C(C)(C)C)C(C)(C)C)ccc1)C(C)(C)C.CC(C)=O.Fc1c(F)c(F)c([B-](c2c(F)c(F)c(F)c(F)c2F)(c2c(F)c(F)c(F)c(F)c2F)c2c(F)c(F)c(F)c(F)c2F)c(F)c1F.[Ir]. The molecule has 0 N–H and O–H groups in total. The molecule has 0 saturated heterocycles. The molecular formula is C49H45BF20IrO3P2-2. The topological polar surface area (TPSA) is 35.5 Å². The van der Waals surface area contributed by atoms with Gasteiger partial charge in [-0.05, 0) is 13.8 Å². The molecule has 5 aromatic carbocycles. The van der Waals surface area contributed by atoms with Gasteiger partial charge in [0.15, 0.2) is 69.8 Å². The molecule has 0 aromatic heterocycles. The third-order valence-corrected chi connectivity index (χ3v) is 15.9. The Balaban J connectivity index is 0.000000542. The van der Waals surface area contributed by atoms with Gasteiger partial charge in [-0.15, -0.1) is 34.0 Å². The van der Waals surface area contributed by atoms with Gasteiger partial charge in [0, 0.05) is 52.2 Å². The van der Waals surface area contributed by atoms with Gasteiger partial charge >= 0.3 is 0 Å². The van der Waals surface area contributed by atoms with Gasteiger partial charge in [0.25, 0.3) is 0 Å². The van der Waals surface area contributed by atoms with E-state index < -0.39 is 161 Å². The summed E-state index contributed by atoms with van der Waals surface area (Å²) in [4.78, 5) is 9.44. The first kappa shape index (κ1) is 67.7. The molecule has 3 nitrogen and oxygen atoms in total. The molecule has 76 heavy (non-hydrogen) atoms. The number of halogens is 20.